The Morgan fingerprint density at radius 3 is 2.11 bits per heavy atom. The molecule has 3 rings (SSSR count). The number of ether oxygens (including phenoxy) is 1. The molecule has 27 heavy (non-hydrogen) atoms. The predicted octanol–water partition coefficient (Wildman–Crippen LogP) is 4.20. The van der Waals surface area contributed by atoms with E-state index in [2.05, 4.69) is 11.4 Å². The number of carbonyl (C=O) groups is 2. The zero-order valence-corrected chi connectivity index (χ0v) is 15.2. The molecule has 2 aromatic carbocycles. The van der Waals surface area contributed by atoms with Gasteiger partial charge in [-0.2, -0.15) is 0 Å². The van der Waals surface area contributed by atoms with Gasteiger partial charge in [0.15, 0.2) is 0 Å². The van der Waals surface area contributed by atoms with E-state index < -0.39 is 5.91 Å². The Hall–Kier alpha value is -3.08. The zero-order valence-electron chi connectivity index (χ0n) is 15.2. The quantitative estimate of drug-likeness (QED) is 0.723. The van der Waals surface area contributed by atoms with Crippen molar-refractivity contribution in [2.45, 2.75) is 32.1 Å². The smallest absolute Gasteiger partial charge is 0.251 e. The Kier molecular flexibility index (Phi) is 6.26. The molecule has 0 atom stereocenters. The largest absolute Gasteiger partial charge is 0.457 e. The van der Waals surface area contributed by atoms with E-state index in [0.29, 0.717) is 29.2 Å². The third-order valence-corrected chi connectivity index (χ3v) is 4.61. The number of primary amides is 1. The lowest BCUT2D eigenvalue weighted by atomic mass is 9.97. The van der Waals surface area contributed by atoms with Crippen molar-refractivity contribution < 1.29 is 14.3 Å². The molecule has 2 amide bonds. The molecule has 0 saturated heterocycles. The van der Waals surface area contributed by atoms with Crippen LogP contribution in [0.3, 0.4) is 0 Å². The van der Waals surface area contributed by atoms with Crippen molar-refractivity contribution in [1.29, 1.82) is 0 Å². The average molecular weight is 364 g/mol. The lowest BCUT2D eigenvalue weighted by Crippen LogP contribution is -2.24. The van der Waals surface area contributed by atoms with Crippen LogP contribution in [0.5, 0.6) is 11.5 Å². The molecule has 140 valence electrons. The van der Waals surface area contributed by atoms with E-state index >= 15 is 0 Å². The molecule has 0 radical (unpaired) electrons. The number of nitrogens with one attached hydrogen (secondary N) is 1. The molecule has 0 bridgehead atoms. The molecule has 1 aliphatic rings. The third-order valence-electron chi connectivity index (χ3n) is 4.61. The fourth-order valence-corrected chi connectivity index (χ4v) is 3.07. The Morgan fingerprint density at radius 1 is 0.926 bits per heavy atom. The van der Waals surface area contributed by atoms with Crippen LogP contribution in [0.15, 0.2) is 60.2 Å². The van der Waals surface area contributed by atoms with Crippen molar-refractivity contribution in [1.82, 2.24) is 5.32 Å². The fraction of sp³-hybridized carbons (Fsp3) is 0.273. The van der Waals surface area contributed by atoms with Gasteiger partial charge in [-0.1, -0.05) is 11.6 Å². The number of rotatable bonds is 7. The van der Waals surface area contributed by atoms with Gasteiger partial charge in [0.05, 0.1) is 0 Å². The molecular formula is C22H24N2O3. The van der Waals surface area contributed by atoms with Crippen LogP contribution in [-0.2, 0) is 0 Å². The minimum atomic E-state index is -0.475. The van der Waals surface area contributed by atoms with E-state index in [9.17, 15) is 9.59 Å². The summed E-state index contributed by atoms with van der Waals surface area (Å²) in [5.74, 6) is 0.657. The molecule has 5 heteroatoms. The highest BCUT2D eigenvalue weighted by atomic mass is 16.5. The maximum atomic E-state index is 12.2. The summed E-state index contributed by atoms with van der Waals surface area (Å²) in [5.41, 5.74) is 7.70. The van der Waals surface area contributed by atoms with Crippen molar-refractivity contribution in [3.05, 3.63) is 71.3 Å². The van der Waals surface area contributed by atoms with Crippen LogP contribution in [0.4, 0.5) is 0 Å². The first-order chi connectivity index (χ1) is 13.1. The minimum Gasteiger partial charge on any atom is -0.457 e. The topological polar surface area (TPSA) is 81.4 Å². The van der Waals surface area contributed by atoms with Crippen LogP contribution in [0.2, 0.25) is 0 Å². The molecule has 0 saturated carbocycles. The van der Waals surface area contributed by atoms with E-state index in [1.54, 1.807) is 48.5 Å². The second-order valence-electron chi connectivity index (χ2n) is 6.63. The maximum absolute atomic E-state index is 12.2. The lowest BCUT2D eigenvalue weighted by molar-refractivity contribution is 0.0952. The van der Waals surface area contributed by atoms with E-state index in [1.807, 2.05) is 0 Å². The number of amides is 2. The number of allylic oxidation sites excluding steroid dienone is 1. The van der Waals surface area contributed by atoms with E-state index in [1.165, 1.54) is 18.4 Å². The summed E-state index contributed by atoms with van der Waals surface area (Å²) in [7, 11) is 0. The van der Waals surface area contributed by atoms with Crippen LogP contribution >= 0.6 is 0 Å². The number of nitrogens with two attached hydrogens (primary N) is 1. The molecule has 1 aliphatic carbocycles. The van der Waals surface area contributed by atoms with Crippen molar-refractivity contribution in [3.63, 3.8) is 0 Å². The first-order valence-electron chi connectivity index (χ1n) is 9.26. The van der Waals surface area contributed by atoms with Gasteiger partial charge in [-0.05, 0) is 80.6 Å². The molecule has 0 heterocycles. The number of benzene rings is 2. The molecule has 0 unspecified atom stereocenters. The molecule has 2 aromatic rings. The number of hydrogen-bond donors (Lipinski definition) is 2. The van der Waals surface area contributed by atoms with Gasteiger partial charge in [0.1, 0.15) is 11.5 Å². The first-order valence-corrected chi connectivity index (χ1v) is 9.26. The Balaban J connectivity index is 1.50. The second kappa shape index (κ2) is 9.03. The SMILES string of the molecule is NC(=O)c1ccc(Oc2ccc(C(=O)NCCC3=CCCCC3)cc2)cc1. The van der Waals surface area contributed by atoms with Crippen molar-refractivity contribution in [2.75, 3.05) is 6.54 Å². The average Bonchev–Trinajstić information content (AvgIpc) is 2.70. The molecule has 5 nitrogen and oxygen atoms in total. The zero-order chi connectivity index (χ0) is 19.1. The molecule has 0 aromatic heterocycles. The summed E-state index contributed by atoms with van der Waals surface area (Å²) in [4.78, 5) is 23.3. The van der Waals surface area contributed by atoms with Gasteiger partial charge < -0.3 is 15.8 Å². The summed E-state index contributed by atoms with van der Waals surface area (Å²) < 4.78 is 5.72. The molecule has 0 fully saturated rings. The Labute approximate surface area is 159 Å². The van der Waals surface area contributed by atoms with E-state index in [4.69, 9.17) is 10.5 Å². The van der Waals surface area contributed by atoms with Crippen LogP contribution in [-0.4, -0.2) is 18.4 Å². The number of hydrogen-bond acceptors (Lipinski definition) is 3. The summed E-state index contributed by atoms with van der Waals surface area (Å²) >= 11 is 0. The molecule has 0 spiro atoms. The lowest BCUT2D eigenvalue weighted by Gasteiger charge is -2.13. The third kappa shape index (κ3) is 5.45. The normalized spacial score (nSPS) is 13.6. The first kappa shape index (κ1) is 18.7. The van der Waals surface area contributed by atoms with Crippen molar-refractivity contribution in [2.24, 2.45) is 5.73 Å². The van der Waals surface area contributed by atoms with Crippen LogP contribution in [0, 0.1) is 0 Å². The molecular weight excluding hydrogens is 340 g/mol. The van der Waals surface area contributed by atoms with Crippen LogP contribution < -0.4 is 15.8 Å². The van der Waals surface area contributed by atoms with Gasteiger partial charge in [-0.15, -0.1) is 0 Å². The Bertz CT molecular complexity index is 824. The van der Waals surface area contributed by atoms with Crippen LogP contribution in [0.1, 0.15) is 52.8 Å². The monoisotopic (exact) mass is 364 g/mol. The van der Waals surface area contributed by atoms with E-state index in [0.717, 1.165) is 19.3 Å². The van der Waals surface area contributed by atoms with Crippen molar-refractivity contribution in [3.8, 4) is 11.5 Å². The van der Waals surface area contributed by atoms with E-state index in [-0.39, 0.29) is 5.91 Å². The highest BCUT2D eigenvalue weighted by Crippen LogP contribution is 2.22. The highest BCUT2D eigenvalue weighted by molar-refractivity contribution is 5.94. The molecule has 3 N–H and O–H groups in total. The van der Waals surface area contributed by atoms with Gasteiger partial charge >= 0.3 is 0 Å². The highest BCUT2D eigenvalue weighted by Gasteiger charge is 2.08. The summed E-state index contributed by atoms with van der Waals surface area (Å²) in [6.45, 7) is 0.662. The van der Waals surface area contributed by atoms with Gasteiger partial charge in [-0.3, -0.25) is 9.59 Å². The second-order valence-corrected chi connectivity index (χ2v) is 6.63. The van der Waals surface area contributed by atoms with Gasteiger partial charge in [0, 0.05) is 17.7 Å². The predicted molar refractivity (Wildman–Crippen MR) is 105 cm³/mol. The van der Waals surface area contributed by atoms with Gasteiger partial charge in [0.2, 0.25) is 5.91 Å². The standard InChI is InChI=1S/C22H24N2O3/c23-21(25)17-6-10-19(11-7-17)27-20-12-8-18(9-13-20)22(26)24-15-14-16-4-2-1-3-5-16/h4,6-13H,1-3,5,14-15H2,(H2,23,25)(H,24,26). The maximum Gasteiger partial charge on any atom is 0.251 e. The number of carbonyl (C=O) groups excluding carboxylic acids is 2. The van der Waals surface area contributed by atoms with Crippen molar-refractivity contribution >= 4 is 11.8 Å². The van der Waals surface area contributed by atoms with Crippen LogP contribution in [0.25, 0.3) is 0 Å². The van der Waals surface area contributed by atoms with Gasteiger partial charge in [-0.25, -0.2) is 0 Å². The summed E-state index contributed by atoms with van der Waals surface area (Å²) in [6, 6.07) is 13.6. The Morgan fingerprint density at radius 2 is 1.56 bits per heavy atom. The summed E-state index contributed by atoms with van der Waals surface area (Å²) in [5, 5.41) is 2.97. The molecule has 0 aliphatic heterocycles. The fourth-order valence-electron chi connectivity index (χ4n) is 3.07. The minimum absolute atomic E-state index is 0.0798. The van der Waals surface area contributed by atoms with Gasteiger partial charge in [0.25, 0.3) is 5.91 Å². The summed E-state index contributed by atoms with van der Waals surface area (Å²) in [6.07, 6.45) is 8.08.